The lowest BCUT2D eigenvalue weighted by Gasteiger charge is -2.32. The van der Waals surface area contributed by atoms with Crippen LogP contribution in [0.25, 0.3) is 0 Å². The van der Waals surface area contributed by atoms with E-state index in [-0.39, 0.29) is 23.1 Å². The molecule has 0 aliphatic carbocycles. The Morgan fingerprint density at radius 1 is 1.50 bits per heavy atom. The molecule has 0 aromatic carbocycles. The van der Waals surface area contributed by atoms with E-state index < -0.39 is 38.2 Å². The van der Waals surface area contributed by atoms with Gasteiger partial charge in [0.15, 0.2) is 0 Å². The Bertz CT molecular complexity index is 581. The monoisotopic (exact) mass is 301 g/mol. The van der Waals surface area contributed by atoms with Gasteiger partial charge in [-0.2, -0.15) is 21.1 Å². The fraction of sp³-hybridized carbons (Fsp3) is 0.857. The maximum absolute atomic E-state index is 11.3. The summed E-state index contributed by atoms with van der Waals surface area (Å²) in [6, 6.07) is 0. The highest BCUT2D eigenvalue weighted by atomic mass is 32.2. The lowest BCUT2D eigenvalue weighted by atomic mass is 9.95. The number of hydrogen-bond acceptors (Lipinski definition) is 7. The third-order valence-electron chi connectivity index (χ3n) is 2.93. The quantitative estimate of drug-likeness (QED) is 0.514. The van der Waals surface area contributed by atoms with Crippen LogP contribution in [0.3, 0.4) is 0 Å². The van der Waals surface area contributed by atoms with Crippen molar-refractivity contribution < 1.29 is 35.1 Å². The molecule has 0 bridgehead atoms. The van der Waals surface area contributed by atoms with Gasteiger partial charge in [0.1, 0.15) is 18.2 Å². The summed E-state index contributed by atoms with van der Waals surface area (Å²) in [5.74, 6) is -0.277. The van der Waals surface area contributed by atoms with Crippen LogP contribution >= 0.6 is 0 Å². The van der Waals surface area contributed by atoms with Gasteiger partial charge >= 0.3 is 16.4 Å². The first-order valence-electron chi connectivity index (χ1n) is 4.92. The second-order valence-electron chi connectivity index (χ2n) is 4.29. The fourth-order valence-electron chi connectivity index (χ4n) is 2.05. The molecule has 2 rings (SSSR count). The molecule has 2 fully saturated rings. The van der Waals surface area contributed by atoms with Gasteiger partial charge < -0.3 is 4.74 Å². The maximum Gasteiger partial charge on any atom is 0.426 e. The summed E-state index contributed by atoms with van der Waals surface area (Å²) >= 11 is 0. The Labute approximate surface area is 104 Å². The van der Waals surface area contributed by atoms with Gasteiger partial charge in [-0.15, -0.1) is 0 Å². The van der Waals surface area contributed by atoms with E-state index in [9.17, 15) is 21.6 Å². The summed E-state index contributed by atoms with van der Waals surface area (Å²) in [6.07, 6.45) is -2.31. The third kappa shape index (κ3) is 2.06. The van der Waals surface area contributed by atoms with Crippen LogP contribution in [0.1, 0.15) is 13.3 Å². The Balaban J connectivity index is 2.39. The van der Waals surface area contributed by atoms with Crippen molar-refractivity contribution in [2.45, 2.75) is 25.0 Å². The van der Waals surface area contributed by atoms with E-state index in [4.69, 9.17) is 8.74 Å². The second kappa shape index (κ2) is 3.79. The second-order valence-corrected chi connectivity index (χ2v) is 7.27. The molecule has 104 valence electrons. The maximum atomic E-state index is 11.3. The van der Waals surface area contributed by atoms with Crippen LogP contribution in [0.15, 0.2) is 0 Å². The number of amides is 1. The van der Waals surface area contributed by atoms with Gasteiger partial charge in [-0.3, -0.25) is 8.74 Å². The van der Waals surface area contributed by atoms with Crippen molar-refractivity contribution >= 4 is 26.5 Å². The summed E-state index contributed by atoms with van der Waals surface area (Å²) in [4.78, 5) is 11.3. The van der Waals surface area contributed by atoms with E-state index in [1.165, 1.54) is 6.92 Å². The molecule has 0 radical (unpaired) electrons. The first kappa shape index (κ1) is 13.5. The molecule has 0 aromatic rings. The topological polar surface area (TPSA) is 127 Å². The van der Waals surface area contributed by atoms with E-state index in [2.05, 4.69) is 4.74 Å². The zero-order chi connectivity index (χ0) is 13.8. The average molecular weight is 301 g/mol. The van der Waals surface area contributed by atoms with Gasteiger partial charge in [0.05, 0.1) is 5.75 Å². The molecule has 0 spiro atoms. The van der Waals surface area contributed by atoms with Crippen molar-refractivity contribution in [3.05, 3.63) is 0 Å². The Hall–Kier alpha value is -0.910. The van der Waals surface area contributed by atoms with Crippen LogP contribution in [0.2, 0.25) is 0 Å². The molecule has 0 saturated carbocycles. The van der Waals surface area contributed by atoms with Gasteiger partial charge in [-0.1, -0.05) is 0 Å². The average Bonchev–Trinajstić information content (AvgIpc) is 2.67. The van der Waals surface area contributed by atoms with Crippen LogP contribution in [-0.4, -0.2) is 55.8 Å². The highest BCUT2D eigenvalue weighted by molar-refractivity contribution is 7.87. The molecule has 18 heavy (non-hydrogen) atoms. The molecule has 2 saturated heterocycles. The smallest absolute Gasteiger partial charge is 0.426 e. The molecule has 0 aromatic heterocycles. The van der Waals surface area contributed by atoms with Gasteiger partial charge in [0.25, 0.3) is 10.1 Å². The zero-order valence-corrected chi connectivity index (χ0v) is 10.9. The molecule has 2 aliphatic heterocycles. The number of rotatable bonds is 2. The Morgan fingerprint density at radius 2 is 2.11 bits per heavy atom. The summed E-state index contributed by atoms with van der Waals surface area (Å²) in [5.41, 5.74) is -1.58. The van der Waals surface area contributed by atoms with E-state index in [0.29, 0.717) is 0 Å². The minimum atomic E-state index is -4.85. The summed E-state index contributed by atoms with van der Waals surface area (Å²) < 4.78 is 63.1. The Morgan fingerprint density at radius 3 is 2.56 bits per heavy atom. The van der Waals surface area contributed by atoms with Crippen molar-refractivity contribution in [3.63, 3.8) is 0 Å². The molecule has 2 atom stereocenters. The molecule has 1 amide bonds. The summed E-state index contributed by atoms with van der Waals surface area (Å²) in [7, 11) is -8.58. The van der Waals surface area contributed by atoms with E-state index in [1.54, 1.807) is 0 Å². The zero-order valence-electron chi connectivity index (χ0n) is 9.27. The van der Waals surface area contributed by atoms with Gasteiger partial charge in [0, 0.05) is 0 Å². The molecule has 11 heteroatoms. The van der Waals surface area contributed by atoms with E-state index in [1.807, 2.05) is 0 Å². The molecule has 2 aliphatic rings. The number of nitrogens with zero attached hydrogens (tertiary/aromatic N) is 1. The van der Waals surface area contributed by atoms with E-state index in [0.717, 1.165) is 0 Å². The van der Waals surface area contributed by atoms with Crippen molar-refractivity contribution in [2.24, 2.45) is 0 Å². The van der Waals surface area contributed by atoms with Crippen LogP contribution in [0.5, 0.6) is 0 Å². The third-order valence-corrected chi connectivity index (χ3v) is 5.22. The predicted octanol–water partition coefficient (Wildman–Crippen LogP) is -0.881. The lowest BCUT2D eigenvalue weighted by molar-refractivity contribution is 0.0824. The molecule has 2 unspecified atom stereocenters. The predicted molar refractivity (Wildman–Crippen MR) is 56.4 cm³/mol. The summed E-state index contributed by atoms with van der Waals surface area (Å²) in [5, 5.41) is 0. The number of hydrogen-bond donors (Lipinski definition) is 1. The number of ether oxygens (including phenoxy) is 1. The van der Waals surface area contributed by atoms with Crippen LogP contribution < -0.4 is 0 Å². The summed E-state index contributed by atoms with van der Waals surface area (Å²) in [6.45, 7) is 0.892. The normalized spacial score (nSPS) is 35.8. The minimum Gasteiger partial charge on any atom is -0.446 e. The Kier molecular flexibility index (Phi) is 2.85. The largest absolute Gasteiger partial charge is 0.446 e. The molecular weight excluding hydrogens is 290 g/mol. The van der Waals surface area contributed by atoms with Crippen molar-refractivity contribution in [3.8, 4) is 0 Å². The molecule has 2 heterocycles. The van der Waals surface area contributed by atoms with Crippen LogP contribution in [-0.2, 0) is 29.3 Å². The van der Waals surface area contributed by atoms with Gasteiger partial charge in [0.2, 0.25) is 0 Å². The number of carbonyl (C=O) groups is 1. The molecule has 1 N–H and O–H groups in total. The fourth-order valence-corrected chi connectivity index (χ4v) is 4.25. The van der Waals surface area contributed by atoms with Crippen molar-refractivity contribution in [1.82, 2.24) is 4.31 Å². The van der Waals surface area contributed by atoms with Crippen molar-refractivity contribution in [2.75, 3.05) is 12.4 Å². The minimum absolute atomic E-state index is 0.0154. The molecular formula is C7H11NO8S2. The highest BCUT2D eigenvalue weighted by Crippen LogP contribution is 2.36. The van der Waals surface area contributed by atoms with E-state index >= 15 is 0 Å². The number of carbonyl (C=O) groups excluding carboxylic acids is 1. The van der Waals surface area contributed by atoms with Gasteiger partial charge in [-0.25, -0.2) is 4.79 Å². The SMILES string of the molecule is CC1(C2CCS(=O)(=O)O2)COC(=O)N1S(=O)(=O)O. The first-order chi connectivity index (χ1) is 8.06. The standard InChI is InChI=1S/C7H11NO8S2/c1-7(5-2-3-17(10,11)16-5)4-15-6(9)8(7)18(12,13)14/h5H,2-4H2,1H3,(H,12,13,14). The highest BCUT2D eigenvalue weighted by Gasteiger charge is 2.58. The van der Waals surface area contributed by atoms with Crippen LogP contribution in [0.4, 0.5) is 4.79 Å². The van der Waals surface area contributed by atoms with Crippen LogP contribution in [0, 0.1) is 0 Å². The first-order valence-corrected chi connectivity index (χ1v) is 7.89. The lowest BCUT2D eigenvalue weighted by Crippen LogP contribution is -2.55. The van der Waals surface area contributed by atoms with Gasteiger partial charge in [-0.05, 0) is 13.3 Å². The number of cyclic esters (lactones) is 1. The molecule has 9 nitrogen and oxygen atoms in total. The van der Waals surface area contributed by atoms with Crippen molar-refractivity contribution in [1.29, 1.82) is 0 Å².